The Morgan fingerprint density at radius 2 is 1.76 bits per heavy atom. The van der Waals surface area contributed by atoms with Crippen molar-refractivity contribution in [1.82, 2.24) is 20.8 Å². The SMILES string of the molecule is CC=C=C(/C=C(/NC(N)=O)NC(C)(C)C)C(C)(C)C.CO.Cc1c[nH][nH]c1=O.O.[HH].[HH]. The van der Waals surface area contributed by atoms with E-state index in [1.807, 2.05) is 39.8 Å². The predicted molar refractivity (Wildman–Crippen MR) is 123 cm³/mol. The van der Waals surface area contributed by atoms with Crippen LogP contribution in [-0.2, 0) is 0 Å². The van der Waals surface area contributed by atoms with E-state index in [4.69, 9.17) is 10.8 Å². The Morgan fingerprint density at radius 3 is 2.00 bits per heavy atom. The molecule has 0 saturated carbocycles. The molecule has 0 unspecified atom stereocenters. The largest absolute Gasteiger partial charge is 0.412 e. The first-order valence-corrected chi connectivity index (χ1v) is 8.91. The first kappa shape index (κ1) is 31.0. The molecule has 0 spiro atoms. The summed E-state index contributed by atoms with van der Waals surface area (Å²) < 4.78 is 0. The zero-order valence-corrected chi connectivity index (χ0v) is 19.1. The summed E-state index contributed by atoms with van der Waals surface area (Å²) in [5.74, 6) is 0.583. The summed E-state index contributed by atoms with van der Waals surface area (Å²) in [6.45, 7) is 16.0. The van der Waals surface area contributed by atoms with Crippen molar-refractivity contribution in [3.05, 3.63) is 51.4 Å². The van der Waals surface area contributed by atoms with Gasteiger partial charge in [-0.2, -0.15) is 0 Å². The second-order valence-corrected chi connectivity index (χ2v) is 7.94. The highest BCUT2D eigenvalue weighted by Gasteiger charge is 2.18. The lowest BCUT2D eigenvalue weighted by Gasteiger charge is -2.26. The number of aromatic nitrogens is 2. The van der Waals surface area contributed by atoms with Gasteiger partial charge in [-0.1, -0.05) is 20.8 Å². The van der Waals surface area contributed by atoms with Crippen LogP contribution in [0.1, 0.15) is 56.9 Å². The molecule has 172 valence electrons. The molecule has 0 atom stereocenters. The molecule has 0 radical (unpaired) electrons. The Balaban J connectivity index is -0.000000158. The molecule has 1 aromatic rings. The highest BCUT2D eigenvalue weighted by Crippen LogP contribution is 2.26. The van der Waals surface area contributed by atoms with Gasteiger partial charge in [0.15, 0.2) is 0 Å². The van der Waals surface area contributed by atoms with Crippen molar-refractivity contribution in [2.45, 2.75) is 60.9 Å². The number of carbonyl (C=O) groups excluding carboxylic acids is 1. The lowest BCUT2D eigenvalue weighted by molar-refractivity contribution is 0.250. The van der Waals surface area contributed by atoms with E-state index in [9.17, 15) is 9.59 Å². The molecule has 9 heteroatoms. The van der Waals surface area contributed by atoms with Gasteiger partial charge in [0.05, 0.1) is 0 Å². The minimum atomic E-state index is -0.586. The summed E-state index contributed by atoms with van der Waals surface area (Å²) in [4.78, 5) is 21.4. The van der Waals surface area contributed by atoms with Crippen molar-refractivity contribution in [2.75, 3.05) is 7.11 Å². The Kier molecular flexibility index (Phi) is 15.3. The number of amides is 2. The van der Waals surface area contributed by atoms with Gasteiger partial charge in [-0.25, -0.2) is 4.79 Å². The van der Waals surface area contributed by atoms with Crippen LogP contribution in [0.4, 0.5) is 4.79 Å². The van der Waals surface area contributed by atoms with Crippen LogP contribution in [-0.4, -0.2) is 39.5 Å². The van der Waals surface area contributed by atoms with Gasteiger partial charge < -0.3 is 26.7 Å². The highest BCUT2D eigenvalue weighted by atomic mass is 16.2. The van der Waals surface area contributed by atoms with Gasteiger partial charge in [0.2, 0.25) is 0 Å². The van der Waals surface area contributed by atoms with Gasteiger partial charge in [-0.15, -0.1) is 5.73 Å². The van der Waals surface area contributed by atoms with E-state index in [2.05, 4.69) is 47.3 Å². The number of nitrogens with one attached hydrogen (secondary N) is 4. The number of primary amides is 1. The first-order chi connectivity index (χ1) is 12.8. The first-order valence-electron chi connectivity index (χ1n) is 8.91. The van der Waals surface area contributed by atoms with Crippen LogP contribution in [0.3, 0.4) is 0 Å². The number of aryl methyl sites for hydroxylation is 1. The Hall–Kier alpha value is -2.74. The van der Waals surface area contributed by atoms with Crippen molar-refractivity contribution in [3.63, 3.8) is 0 Å². The number of hydrogen-bond acceptors (Lipinski definition) is 4. The van der Waals surface area contributed by atoms with Gasteiger partial charge in [0, 0.05) is 32.8 Å². The highest BCUT2D eigenvalue weighted by molar-refractivity contribution is 5.73. The van der Waals surface area contributed by atoms with Gasteiger partial charge in [0.25, 0.3) is 5.56 Å². The van der Waals surface area contributed by atoms with Crippen molar-refractivity contribution in [2.24, 2.45) is 11.1 Å². The average molecular weight is 418 g/mol. The predicted octanol–water partition coefficient (Wildman–Crippen LogP) is 2.32. The summed E-state index contributed by atoms with van der Waals surface area (Å²) in [5, 5.41) is 17.8. The number of aliphatic hydroxyl groups is 1. The molecule has 1 aromatic heterocycles. The molecule has 0 aliphatic carbocycles. The molecule has 1 heterocycles. The number of aliphatic hydroxyl groups excluding tert-OH is 1. The van der Waals surface area contributed by atoms with E-state index in [0.29, 0.717) is 5.82 Å². The number of carbonyl (C=O) groups is 1. The summed E-state index contributed by atoms with van der Waals surface area (Å²) in [6, 6.07) is -0.586. The number of aromatic amines is 2. The molecule has 0 bridgehead atoms. The molecule has 0 saturated heterocycles. The smallest absolute Gasteiger partial charge is 0.317 e. The molecule has 0 fully saturated rings. The van der Waals surface area contributed by atoms with Crippen LogP contribution >= 0.6 is 0 Å². The summed E-state index contributed by atoms with van der Waals surface area (Å²) in [7, 11) is 1.00. The van der Waals surface area contributed by atoms with Crippen LogP contribution < -0.4 is 21.9 Å². The lowest BCUT2D eigenvalue weighted by atomic mass is 9.86. The fourth-order valence-electron chi connectivity index (χ4n) is 1.79. The third-order valence-corrected chi connectivity index (χ3v) is 3.00. The Labute approximate surface area is 176 Å². The maximum absolute atomic E-state index is 11.1. The van der Waals surface area contributed by atoms with Crippen LogP contribution in [0.5, 0.6) is 0 Å². The molecule has 2 amide bonds. The summed E-state index contributed by atoms with van der Waals surface area (Å²) in [6.07, 6.45) is 5.36. The van der Waals surface area contributed by atoms with Crippen molar-refractivity contribution >= 4 is 6.03 Å². The molecular weight excluding hydrogens is 374 g/mol. The minimum Gasteiger partial charge on any atom is -0.412 e. The maximum Gasteiger partial charge on any atom is 0.317 e. The minimum absolute atomic E-state index is 0. The van der Waals surface area contributed by atoms with E-state index in [1.54, 1.807) is 13.1 Å². The van der Waals surface area contributed by atoms with E-state index < -0.39 is 6.03 Å². The van der Waals surface area contributed by atoms with Crippen molar-refractivity contribution in [1.29, 1.82) is 0 Å². The zero-order valence-electron chi connectivity index (χ0n) is 19.1. The second-order valence-electron chi connectivity index (χ2n) is 7.94. The molecule has 0 aliphatic heterocycles. The van der Waals surface area contributed by atoms with E-state index in [-0.39, 0.29) is 24.8 Å². The monoisotopic (exact) mass is 417 g/mol. The molecule has 1 rings (SSSR count). The van der Waals surface area contributed by atoms with E-state index in [0.717, 1.165) is 18.2 Å². The standard InChI is InChI=1S/C15H27N3O.C4H6N2O.CH4O.H2O.2H2/c1-8-9-11(14(2,3)4)10-12(17-13(16)19)18-15(5,6)7;1-3-2-5-6-4(3)7;1-2;;;/h8,10,18H,1-7H3,(H3,16,17,19);2H,1H3,(H2,5,6,7);2H,1H3;1H2;2*1H/b12-10-;;;;;. The van der Waals surface area contributed by atoms with Crippen LogP contribution in [0.15, 0.2) is 40.3 Å². The zero-order chi connectivity index (χ0) is 22.5. The Morgan fingerprint density at radius 1 is 1.24 bits per heavy atom. The quantitative estimate of drug-likeness (QED) is 0.328. The number of nitrogens with two attached hydrogens (primary N) is 1. The van der Waals surface area contributed by atoms with Gasteiger partial charge in [0.1, 0.15) is 5.82 Å². The van der Waals surface area contributed by atoms with Crippen molar-refractivity contribution in [3.8, 4) is 0 Å². The van der Waals surface area contributed by atoms with Crippen LogP contribution in [0.25, 0.3) is 0 Å². The molecule has 0 aromatic carbocycles. The molecular formula is C20H43N5O4. The third-order valence-electron chi connectivity index (χ3n) is 3.00. The summed E-state index contributed by atoms with van der Waals surface area (Å²) >= 11 is 0. The number of rotatable bonds is 3. The summed E-state index contributed by atoms with van der Waals surface area (Å²) in [5.41, 5.74) is 9.81. The second kappa shape index (κ2) is 14.3. The normalized spacial score (nSPS) is 10.6. The van der Waals surface area contributed by atoms with E-state index >= 15 is 0 Å². The van der Waals surface area contributed by atoms with Gasteiger partial charge in [-0.05, 0) is 52.2 Å². The molecule has 9 nitrogen and oxygen atoms in total. The lowest BCUT2D eigenvalue weighted by Crippen LogP contribution is -2.43. The Bertz CT molecular complexity index is 751. The average Bonchev–Trinajstić information content (AvgIpc) is 2.90. The molecule has 0 aliphatic rings. The number of allylic oxidation sites excluding steroid dienone is 2. The van der Waals surface area contributed by atoms with E-state index in [1.165, 1.54) is 0 Å². The van der Waals surface area contributed by atoms with Gasteiger partial charge >= 0.3 is 6.03 Å². The number of urea groups is 1. The number of hydrogen-bond donors (Lipinski definition) is 6. The fraction of sp³-hybridized carbons (Fsp3) is 0.550. The fourth-order valence-corrected chi connectivity index (χ4v) is 1.79. The number of H-pyrrole nitrogens is 2. The molecule has 9 N–H and O–H groups in total. The van der Waals surface area contributed by atoms with Crippen LogP contribution in [0.2, 0.25) is 0 Å². The van der Waals surface area contributed by atoms with Crippen molar-refractivity contribution < 1.29 is 18.2 Å². The third kappa shape index (κ3) is 16.0. The maximum atomic E-state index is 11.1. The molecule has 29 heavy (non-hydrogen) atoms. The topological polar surface area (TPSA) is 168 Å². The van der Waals surface area contributed by atoms with Crippen LogP contribution in [0, 0.1) is 12.3 Å². The van der Waals surface area contributed by atoms with Gasteiger partial charge in [-0.3, -0.25) is 15.2 Å².